The van der Waals surface area contributed by atoms with Gasteiger partial charge in [0.1, 0.15) is 5.82 Å². The molecule has 0 aliphatic rings. The number of fused-ring (bicyclic) bond motifs is 1. The molecule has 0 amide bonds. The fourth-order valence-electron chi connectivity index (χ4n) is 1.94. The van der Waals surface area contributed by atoms with E-state index in [4.69, 9.17) is 10.7 Å². The third-order valence-corrected chi connectivity index (χ3v) is 4.47. The van der Waals surface area contributed by atoms with Gasteiger partial charge >= 0.3 is 0 Å². The number of anilines is 1. The second kappa shape index (κ2) is 4.06. The number of aromatic amines is 1. The monoisotopic (exact) mass is 272 g/mol. The Hall–Kier alpha value is -1.88. The number of nitrogens with one attached hydrogen (secondary N) is 1. The fraction of sp³-hybridized carbons (Fsp3) is 0.286. The summed E-state index contributed by atoms with van der Waals surface area (Å²) in [4.78, 5) is 4.73. The molecule has 2 aromatic heterocycles. The van der Waals surface area contributed by atoms with Crippen LogP contribution in [0.4, 0.5) is 5.82 Å². The van der Waals surface area contributed by atoms with E-state index in [9.17, 15) is 0 Å². The zero-order chi connectivity index (χ0) is 13.6. The van der Waals surface area contributed by atoms with E-state index in [1.807, 2.05) is 0 Å². The van der Waals surface area contributed by atoms with Gasteiger partial charge < -0.3 is 5.73 Å². The van der Waals surface area contributed by atoms with Crippen LogP contribution in [0.2, 0.25) is 0 Å². The third-order valence-electron chi connectivity index (χ3n) is 3.01. The Bertz CT molecular complexity index is 733. The highest BCUT2D eigenvalue weighted by atomic mass is 32.1. The van der Waals surface area contributed by atoms with Crippen LogP contribution in [0.15, 0.2) is 24.4 Å². The predicted molar refractivity (Wildman–Crippen MR) is 80.3 cm³/mol. The van der Waals surface area contributed by atoms with Crippen molar-refractivity contribution in [1.82, 2.24) is 15.2 Å². The number of benzene rings is 1. The first-order chi connectivity index (χ1) is 8.95. The summed E-state index contributed by atoms with van der Waals surface area (Å²) in [6.45, 7) is 6.54. The number of nitrogens with zero attached hydrogens (tertiary/aromatic N) is 2. The minimum Gasteiger partial charge on any atom is -0.384 e. The molecule has 0 unspecified atom stereocenters. The first-order valence-corrected chi connectivity index (χ1v) is 6.97. The summed E-state index contributed by atoms with van der Waals surface area (Å²) in [5.41, 5.74) is 8.93. The smallest absolute Gasteiger partial charge is 0.126 e. The maximum atomic E-state index is 5.86. The van der Waals surface area contributed by atoms with Gasteiger partial charge in [-0.3, -0.25) is 5.10 Å². The van der Waals surface area contributed by atoms with Crippen LogP contribution in [0.1, 0.15) is 25.8 Å². The largest absolute Gasteiger partial charge is 0.384 e. The quantitative estimate of drug-likeness (QED) is 0.711. The van der Waals surface area contributed by atoms with Gasteiger partial charge in [0, 0.05) is 11.0 Å². The summed E-state index contributed by atoms with van der Waals surface area (Å²) in [5.74, 6) is 0.589. The van der Waals surface area contributed by atoms with E-state index < -0.39 is 0 Å². The van der Waals surface area contributed by atoms with Crippen LogP contribution in [0, 0.1) is 0 Å². The number of thiazole rings is 1. The summed E-state index contributed by atoms with van der Waals surface area (Å²) >= 11 is 1.75. The van der Waals surface area contributed by atoms with Crippen molar-refractivity contribution in [2.24, 2.45) is 0 Å². The number of aromatic nitrogens is 3. The van der Waals surface area contributed by atoms with Crippen molar-refractivity contribution in [3.8, 4) is 11.1 Å². The van der Waals surface area contributed by atoms with Gasteiger partial charge in [0.25, 0.3) is 0 Å². The normalized spacial score (nSPS) is 12.2. The predicted octanol–water partition coefficient (Wildman–Crippen LogP) is 3.57. The number of H-pyrrole nitrogens is 1. The van der Waals surface area contributed by atoms with E-state index in [1.54, 1.807) is 17.5 Å². The van der Waals surface area contributed by atoms with E-state index in [-0.39, 0.29) is 5.41 Å². The number of hydrogen-bond donors (Lipinski definition) is 2. The third kappa shape index (κ3) is 2.10. The molecule has 3 N–H and O–H groups in total. The molecule has 5 heteroatoms. The highest BCUT2D eigenvalue weighted by molar-refractivity contribution is 7.18. The van der Waals surface area contributed by atoms with Gasteiger partial charge in [0.2, 0.25) is 0 Å². The van der Waals surface area contributed by atoms with Crippen molar-refractivity contribution in [3.05, 3.63) is 29.4 Å². The Morgan fingerprint density at radius 1 is 1.26 bits per heavy atom. The lowest BCUT2D eigenvalue weighted by Crippen LogP contribution is -2.09. The Balaban J connectivity index is 2.14. The van der Waals surface area contributed by atoms with Gasteiger partial charge in [-0.1, -0.05) is 26.8 Å². The molecular weight excluding hydrogens is 256 g/mol. The number of rotatable bonds is 1. The highest BCUT2D eigenvalue weighted by Gasteiger charge is 2.19. The van der Waals surface area contributed by atoms with Gasteiger partial charge in [-0.05, 0) is 17.7 Å². The van der Waals surface area contributed by atoms with Gasteiger partial charge in [0.05, 0.1) is 21.4 Å². The lowest BCUT2D eigenvalue weighted by molar-refractivity contribution is 0.587. The van der Waals surface area contributed by atoms with E-state index >= 15 is 0 Å². The molecule has 19 heavy (non-hydrogen) atoms. The molecule has 0 fully saturated rings. The van der Waals surface area contributed by atoms with Crippen LogP contribution in [0.5, 0.6) is 0 Å². The first kappa shape index (κ1) is 12.2. The molecule has 2 heterocycles. The van der Waals surface area contributed by atoms with Crippen LogP contribution in [0.25, 0.3) is 21.3 Å². The second-order valence-electron chi connectivity index (χ2n) is 5.65. The summed E-state index contributed by atoms with van der Waals surface area (Å²) in [6, 6.07) is 6.24. The topological polar surface area (TPSA) is 67.6 Å². The van der Waals surface area contributed by atoms with E-state index in [2.05, 4.69) is 49.2 Å². The molecule has 0 saturated carbocycles. The second-order valence-corrected chi connectivity index (χ2v) is 6.68. The lowest BCUT2D eigenvalue weighted by Gasteiger charge is -2.13. The van der Waals surface area contributed by atoms with Gasteiger partial charge in [0.15, 0.2) is 0 Å². The molecule has 3 rings (SSSR count). The van der Waals surface area contributed by atoms with Gasteiger partial charge in [-0.25, -0.2) is 4.98 Å². The molecule has 0 radical (unpaired) electrons. The molecule has 0 aliphatic carbocycles. The number of nitrogens with two attached hydrogens (primary N) is 1. The molecule has 0 bridgehead atoms. The van der Waals surface area contributed by atoms with Crippen LogP contribution in [0.3, 0.4) is 0 Å². The summed E-state index contributed by atoms with van der Waals surface area (Å²) in [7, 11) is 0. The lowest BCUT2D eigenvalue weighted by atomic mass is 9.98. The molecule has 0 saturated heterocycles. The minimum absolute atomic E-state index is 0.0819. The number of hydrogen-bond acceptors (Lipinski definition) is 4. The van der Waals surface area contributed by atoms with E-state index in [0.29, 0.717) is 5.82 Å². The molecule has 3 aromatic rings. The van der Waals surface area contributed by atoms with Crippen molar-refractivity contribution < 1.29 is 0 Å². The van der Waals surface area contributed by atoms with Crippen molar-refractivity contribution >= 4 is 27.4 Å². The molecular formula is C14H16N4S. The van der Waals surface area contributed by atoms with Crippen molar-refractivity contribution in [2.75, 3.05) is 5.73 Å². The fourth-order valence-corrected chi connectivity index (χ4v) is 2.95. The Morgan fingerprint density at radius 2 is 2.05 bits per heavy atom. The van der Waals surface area contributed by atoms with E-state index in [0.717, 1.165) is 21.7 Å². The Kier molecular flexibility index (Phi) is 2.60. The Labute approximate surface area is 115 Å². The van der Waals surface area contributed by atoms with Gasteiger partial charge in [-0.15, -0.1) is 11.3 Å². The Morgan fingerprint density at radius 3 is 2.68 bits per heavy atom. The molecule has 98 valence electrons. The maximum absolute atomic E-state index is 5.86. The summed E-state index contributed by atoms with van der Waals surface area (Å²) < 4.78 is 1.20. The standard InChI is InChI=1S/C14H16N4S/c1-14(2,3)13-17-10-6-8(4-5-11(10)19-13)9-7-16-18-12(9)15/h4-7H,1-3H3,(H3,15,16,18). The summed E-state index contributed by atoms with van der Waals surface area (Å²) in [5, 5.41) is 7.86. The molecule has 1 aromatic carbocycles. The van der Waals surface area contributed by atoms with Crippen LogP contribution in [-0.2, 0) is 5.41 Å². The van der Waals surface area contributed by atoms with Crippen LogP contribution < -0.4 is 5.73 Å². The van der Waals surface area contributed by atoms with Gasteiger partial charge in [-0.2, -0.15) is 5.10 Å². The minimum atomic E-state index is 0.0819. The van der Waals surface area contributed by atoms with Crippen LogP contribution in [-0.4, -0.2) is 15.2 Å². The first-order valence-electron chi connectivity index (χ1n) is 6.15. The maximum Gasteiger partial charge on any atom is 0.126 e. The zero-order valence-electron chi connectivity index (χ0n) is 11.2. The van der Waals surface area contributed by atoms with Crippen molar-refractivity contribution in [1.29, 1.82) is 0 Å². The zero-order valence-corrected chi connectivity index (χ0v) is 12.0. The average molecular weight is 272 g/mol. The molecule has 0 spiro atoms. The van der Waals surface area contributed by atoms with Crippen molar-refractivity contribution in [2.45, 2.75) is 26.2 Å². The molecule has 0 atom stereocenters. The SMILES string of the molecule is CC(C)(C)c1nc2cc(-c3cn[nH]c3N)ccc2s1. The number of nitrogen functional groups attached to an aromatic ring is 1. The highest BCUT2D eigenvalue weighted by Crippen LogP contribution is 2.34. The van der Waals surface area contributed by atoms with Crippen molar-refractivity contribution in [3.63, 3.8) is 0 Å². The summed E-state index contributed by atoms with van der Waals surface area (Å²) in [6.07, 6.45) is 1.74. The average Bonchev–Trinajstić information content (AvgIpc) is 2.92. The van der Waals surface area contributed by atoms with E-state index in [1.165, 1.54) is 4.70 Å². The molecule has 4 nitrogen and oxygen atoms in total. The van der Waals surface area contributed by atoms with Crippen LogP contribution >= 0.6 is 11.3 Å². The molecule has 0 aliphatic heterocycles.